The van der Waals surface area contributed by atoms with Gasteiger partial charge in [-0.15, -0.1) is 0 Å². The molecule has 0 bridgehead atoms. The van der Waals surface area contributed by atoms with Gasteiger partial charge in [-0.25, -0.2) is 44.8 Å². The smallest absolute Gasteiger partial charge is 0.0451 e. The second kappa shape index (κ2) is 14.8. The van der Waals surface area contributed by atoms with Crippen molar-refractivity contribution in [3.05, 3.63) is 0 Å². The van der Waals surface area contributed by atoms with E-state index < -0.39 is 66.2 Å². The van der Waals surface area contributed by atoms with Gasteiger partial charge in [-0.05, 0) is 179 Å². The van der Waals surface area contributed by atoms with Crippen LogP contribution in [-0.2, 0) is 335 Å². The van der Waals surface area contributed by atoms with E-state index in [1.807, 2.05) is 0 Å². The highest BCUT2D eigenvalue weighted by atomic mass is 34.5. The molecule has 0 unspecified atom stereocenters. The van der Waals surface area contributed by atoms with Crippen LogP contribution in [0.3, 0.4) is 0 Å². The van der Waals surface area contributed by atoms with Crippen molar-refractivity contribution in [2.75, 3.05) is 0 Å². The van der Waals surface area contributed by atoms with E-state index >= 15 is 0 Å². The van der Waals surface area contributed by atoms with Crippen LogP contribution in [-0.4, -0.2) is 0 Å². The molecule has 0 aliphatic carbocycles. The second-order valence-electron chi connectivity index (χ2n) is 4.49. The molecular formula is S36-2. The van der Waals surface area contributed by atoms with Crippen LogP contribution in [0.2, 0.25) is 0 Å². The van der Waals surface area contributed by atoms with E-state index in [4.69, 9.17) is 269 Å². The van der Waals surface area contributed by atoms with Gasteiger partial charge in [0.1, 0.15) is 0 Å². The molecule has 0 amide bonds. The maximum atomic E-state index is 5.83. The molecule has 0 N–H and O–H groups in total. The normalized spacial score (nSPS) is 16.2. The Morgan fingerprint density at radius 2 is 0.333 bits per heavy atom. The van der Waals surface area contributed by atoms with Crippen LogP contribution in [0.15, 0.2) is 0 Å². The van der Waals surface area contributed by atoms with Crippen LogP contribution in [0.5, 0.6) is 0 Å². The van der Waals surface area contributed by atoms with Crippen LogP contribution in [0, 0.1) is 0 Å². The minimum absolute atomic E-state index is 1.40. The Kier molecular flexibility index (Phi) is 18.6. The van der Waals surface area contributed by atoms with E-state index in [-0.39, 0.29) is 0 Å². The summed E-state index contributed by atoms with van der Waals surface area (Å²) in [5.74, 6) is 0. The van der Waals surface area contributed by atoms with E-state index in [1.165, 1.54) is 0 Å². The van der Waals surface area contributed by atoms with Crippen LogP contribution in [0.4, 0.5) is 0 Å². The summed E-state index contributed by atoms with van der Waals surface area (Å²) in [7, 11) is -2.80. The summed E-state index contributed by atoms with van der Waals surface area (Å²) in [6.07, 6.45) is 0. The molecular weight excluding hydrogens is 1150 g/mol. The van der Waals surface area contributed by atoms with Gasteiger partial charge in [-0.3, -0.25) is 14.1 Å². The van der Waals surface area contributed by atoms with E-state index in [0.717, 1.165) is 0 Å². The van der Waals surface area contributed by atoms with Crippen molar-refractivity contribution in [2.24, 2.45) is 0 Å². The molecule has 0 fully saturated rings. The maximum Gasteiger partial charge on any atom is 0.0451 e. The van der Waals surface area contributed by atoms with Crippen molar-refractivity contribution < 1.29 is 0 Å². The second-order valence-corrected chi connectivity index (χ2v) is 121. The first-order valence-corrected chi connectivity index (χ1v) is 52.5. The molecule has 36 heavy (non-hydrogen) atoms. The predicted octanol–water partition coefficient (Wildman–Crippen LogP) is -0.0864. The fourth-order valence-electron chi connectivity index (χ4n) is 0.953. The van der Waals surface area contributed by atoms with E-state index in [9.17, 15) is 0 Å². The maximum absolute atomic E-state index is 5.83. The van der Waals surface area contributed by atoms with Gasteiger partial charge >= 0.3 is 0 Å². The lowest BCUT2D eigenvalue weighted by Crippen LogP contribution is -2.37. The Morgan fingerprint density at radius 3 is 0.444 bits per heavy atom. The highest BCUT2D eigenvalue weighted by Crippen LogP contribution is 2.38. The first-order chi connectivity index (χ1) is 15.1. The zero-order valence-electron chi connectivity index (χ0n) is 14.7. The SMILES string of the molecule is S=[S-](=S)S(=S)(=S)S(=S)(=S)S(=S)(=S)S(=S)(=S)S(=S)(=S)S(=S)(=S)S(=S)(=S)S(=S)(=S)S(=S)(=S)S(=S)(=S)[S-](=S)=S. The summed E-state index contributed by atoms with van der Waals surface area (Å²) >= 11 is 135. The monoisotopic (exact) mass is 1150 g/mol. The zero-order valence-corrected chi connectivity index (χ0v) is 44.1. The van der Waals surface area contributed by atoms with Gasteiger partial charge in [0.15, 0.2) is 0 Å². The Morgan fingerprint density at radius 1 is 0.222 bits per heavy atom. The highest BCUT2D eigenvalue weighted by Gasteiger charge is 2.40. The average molecular weight is 1150 g/mol. The van der Waals surface area contributed by atoms with Crippen molar-refractivity contribution in [2.45, 2.75) is 0 Å². The Hall–Kier alpha value is 9.48. The molecule has 0 aromatic carbocycles. The topological polar surface area (TPSA) is 0 Å². The standard InChI is InChI=1S/S36/c1-25(2)27(5,6)29(9,10)31(13,14)33(17,18)35(21,22)36(23,24)34(19,20)32(15,16)30(11,12)28(7,8)26(3)4/q-2. The molecule has 36 heteroatoms. The van der Waals surface area contributed by atoms with Crippen LogP contribution >= 0.6 is 0 Å². The van der Waals surface area contributed by atoms with E-state index in [0.29, 0.717) is 0 Å². The first-order valence-electron chi connectivity index (χ1n) is 5.83. The van der Waals surface area contributed by atoms with Gasteiger partial charge in [0.05, 0.1) is 0 Å². The van der Waals surface area contributed by atoms with Gasteiger partial charge in [-0.1, -0.05) is 55.2 Å². The van der Waals surface area contributed by atoms with Gasteiger partial charge in [-0.2, -0.15) is 0 Å². The molecule has 0 nitrogen and oxygen atoms in total. The third-order valence-electron chi connectivity index (χ3n) is 2.58. The van der Waals surface area contributed by atoms with Crippen LogP contribution in [0.1, 0.15) is 0 Å². The number of rotatable bonds is 11. The van der Waals surface area contributed by atoms with Gasteiger partial charge < -0.3 is 0 Å². The third kappa shape index (κ3) is 7.47. The Balaban J connectivity index is 7.98. The third-order valence-corrected chi connectivity index (χ3v) is 209. The molecule has 0 rings (SSSR count). The number of hydrogen-bond acceptors (Lipinski definition) is 26. The molecule has 0 aliphatic rings. The van der Waals surface area contributed by atoms with Crippen molar-refractivity contribution in [3.8, 4) is 0 Å². The summed E-state index contributed by atoms with van der Waals surface area (Å²) < 4.78 is 0. The van der Waals surface area contributed by atoms with Crippen LogP contribution < -0.4 is 0 Å². The molecule has 0 spiro atoms. The van der Waals surface area contributed by atoms with Gasteiger partial charge in [0.2, 0.25) is 0 Å². The van der Waals surface area contributed by atoms with Crippen molar-refractivity contribution in [3.63, 3.8) is 0 Å². The molecule has 0 atom stereocenters. The Labute approximate surface area is 325 Å². The zero-order chi connectivity index (χ0) is 30.2. The average Bonchev–Trinajstić information content (AvgIpc) is 2.65. The van der Waals surface area contributed by atoms with E-state index in [1.54, 1.807) is 0 Å². The van der Waals surface area contributed by atoms with Crippen molar-refractivity contribution in [1.82, 2.24) is 0 Å². The summed E-state index contributed by atoms with van der Waals surface area (Å²) in [5, 5.41) is -32.3. The van der Waals surface area contributed by atoms with Crippen molar-refractivity contribution in [1.29, 1.82) is 0 Å². The quantitative estimate of drug-likeness (QED) is 0.200. The van der Waals surface area contributed by atoms with Gasteiger partial charge in [0, 0.05) is 41.7 Å². The molecule has 0 heterocycles. The summed E-state index contributed by atoms with van der Waals surface area (Å²) in [4.78, 5) is 0. The molecule has 0 saturated carbocycles. The van der Waals surface area contributed by atoms with Crippen molar-refractivity contribution >= 4 is 335 Å². The lowest BCUT2D eigenvalue weighted by molar-refractivity contribution is 5.00. The number of hydrogen-bond donors (Lipinski definition) is 0. The van der Waals surface area contributed by atoms with Crippen LogP contribution in [0.25, 0.3) is 0 Å². The molecule has 0 radical (unpaired) electrons. The summed E-state index contributed by atoms with van der Waals surface area (Å²) in [5.41, 5.74) is 0. The minimum Gasteiger partial charge on any atom is -0.271 e. The molecule has 0 aliphatic heterocycles. The lowest BCUT2D eigenvalue weighted by Gasteiger charge is -2.35. The molecule has 0 aromatic rings. The molecule has 0 saturated heterocycles. The summed E-state index contributed by atoms with van der Waals surface area (Å²) in [6.45, 7) is 0. The lowest BCUT2D eigenvalue weighted by atomic mass is 29.7. The fraction of sp³-hybridized carbons (Fsp3) is 0. The largest absolute Gasteiger partial charge is 0.271 e. The fourth-order valence-corrected chi connectivity index (χ4v) is 231. The van der Waals surface area contributed by atoms with Gasteiger partial charge in [0.25, 0.3) is 0 Å². The first kappa shape index (κ1) is 45.5. The Bertz CT molecular complexity index is 2050. The van der Waals surface area contributed by atoms with E-state index in [2.05, 4.69) is 0 Å². The minimum atomic E-state index is -3.44. The highest BCUT2D eigenvalue weighted by molar-refractivity contribution is 9.75. The molecule has 0 aromatic heterocycles. The predicted molar refractivity (Wildman–Crippen MR) is 265 cm³/mol. The molecule has 218 valence electrons. The summed E-state index contributed by atoms with van der Waals surface area (Å²) in [6, 6.07) is 0.